The van der Waals surface area contributed by atoms with Crippen LogP contribution in [0.5, 0.6) is 0 Å². The van der Waals surface area contributed by atoms with Crippen LogP contribution >= 0.6 is 24.8 Å². The van der Waals surface area contributed by atoms with Crippen molar-refractivity contribution in [2.75, 3.05) is 6.61 Å². The Hall–Kier alpha value is -0.360. The molecule has 0 saturated heterocycles. The van der Waals surface area contributed by atoms with Gasteiger partial charge in [-0.15, -0.1) is 24.8 Å². The summed E-state index contributed by atoms with van der Waals surface area (Å²) in [6.07, 6.45) is 0. The molecule has 1 aromatic rings. The highest BCUT2D eigenvalue weighted by molar-refractivity contribution is 5.85. The molecule has 0 saturated carbocycles. The number of nitrogens with one attached hydrogen (secondary N) is 1. The molecule has 12 heavy (non-hydrogen) atoms. The number of nitrogens with zero attached hydrogens (tertiary/aromatic N) is 2. The summed E-state index contributed by atoms with van der Waals surface area (Å²) in [5.41, 5.74) is 5.41. The van der Waals surface area contributed by atoms with Crippen LogP contribution in [0.15, 0.2) is 0 Å². The first-order valence-corrected chi connectivity index (χ1v) is 2.99. The highest BCUT2D eigenvalue weighted by Crippen LogP contribution is 2.00. The van der Waals surface area contributed by atoms with Gasteiger partial charge in [-0.25, -0.2) is 4.98 Å². The number of aryl methyl sites for hydroxylation is 1. The van der Waals surface area contributed by atoms with Gasteiger partial charge in [0.15, 0.2) is 5.82 Å². The fraction of sp³-hybridized carbons (Fsp3) is 0.600. The Labute approximate surface area is 82.6 Å². The van der Waals surface area contributed by atoms with Crippen LogP contribution in [0.3, 0.4) is 0 Å². The van der Waals surface area contributed by atoms with Crippen molar-refractivity contribution in [2.45, 2.75) is 13.0 Å². The molecular weight excluding hydrogens is 203 g/mol. The van der Waals surface area contributed by atoms with E-state index in [0.29, 0.717) is 11.6 Å². The van der Waals surface area contributed by atoms with E-state index in [1.807, 2.05) is 0 Å². The Morgan fingerprint density at radius 2 is 2.17 bits per heavy atom. The molecule has 1 rings (SSSR count). The number of nitrogens with two attached hydrogens (primary N) is 1. The molecule has 1 heterocycles. The predicted molar refractivity (Wildman–Crippen MR) is 49.6 cm³/mol. The summed E-state index contributed by atoms with van der Waals surface area (Å²) in [4.78, 5) is 3.93. The molecule has 1 aromatic heterocycles. The molecule has 5 nitrogen and oxygen atoms in total. The fourth-order valence-corrected chi connectivity index (χ4v) is 0.607. The summed E-state index contributed by atoms with van der Waals surface area (Å²) in [6.45, 7) is 1.65. The van der Waals surface area contributed by atoms with Gasteiger partial charge in [0, 0.05) is 0 Å². The predicted octanol–water partition coefficient (Wildman–Crippen LogP) is -0.0512. The van der Waals surface area contributed by atoms with Gasteiger partial charge in [0.1, 0.15) is 5.82 Å². The number of hydrogen-bond acceptors (Lipinski definition) is 4. The standard InChI is InChI=1S/C5H10N4O.2ClH/c1-3-7-5(9-8-3)4(6)2-10;;/h4,10H,2,6H2,1H3,(H,7,8,9);2*1H/t4-;;/m1../s1. The third-order valence-corrected chi connectivity index (χ3v) is 1.14. The van der Waals surface area contributed by atoms with Crippen molar-refractivity contribution in [3.63, 3.8) is 0 Å². The first kappa shape index (κ1) is 14.2. The quantitative estimate of drug-likeness (QED) is 0.645. The van der Waals surface area contributed by atoms with Gasteiger partial charge < -0.3 is 10.8 Å². The second-order valence-corrected chi connectivity index (χ2v) is 2.07. The lowest BCUT2D eigenvalue weighted by Crippen LogP contribution is -2.16. The number of aliphatic hydroxyl groups is 1. The SMILES string of the molecule is Cc1nc([C@H](N)CO)n[nH]1.Cl.Cl. The molecule has 7 heteroatoms. The molecule has 0 spiro atoms. The lowest BCUT2D eigenvalue weighted by molar-refractivity contribution is 0.263. The number of aromatic amines is 1. The molecule has 0 fully saturated rings. The van der Waals surface area contributed by atoms with Gasteiger partial charge in [0.25, 0.3) is 0 Å². The number of rotatable bonds is 2. The summed E-state index contributed by atoms with van der Waals surface area (Å²) >= 11 is 0. The van der Waals surface area contributed by atoms with Gasteiger partial charge >= 0.3 is 0 Å². The minimum atomic E-state index is -0.468. The Kier molecular flexibility index (Phi) is 7.31. The van der Waals surface area contributed by atoms with Crippen LogP contribution in [0.25, 0.3) is 0 Å². The number of hydrogen-bond donors (Lipinski definition) is 3. The first-order valence-electron chi connectivity index (χ1n) is 2.99. The summed E-state index contributed by atoms with van der Waals surface area (Å²) < 4.78 is 0. The fourth-order valence-electron chi connectivity index (χ4n) is 0.607. The molecule has 0 amide bonds. The monoisotopic (exact) mass is 214 g/mol. The molecule has 0 aliphatic carbocycles. The van der Waals surface area contributed by atoms with Crippen LogP contribution < -0.4 is 5.73 Å². The highest BCUT2D eigenvalue weighted by atomic mass is 35.5. The average Bonchev–Trinajstić information content (AvgIpc) is 2.34. The second kappa shape index (κ2) is 6.19. The van der Waals surface area contributed by atoms with E-state index < -0.39 is 6.04 Å². The molecular formula is C5H12Cl2N4O. The van der Waals surface area contributed by atoms with Crippen LogP contribution in [0.1, 0.15) is 17.7 Å². The van der Waals surface area contributed by atoms with E-state index in [0.717, 1.165) is 0 Å². The third-order valence-electron chi connectivity index (χ3n) is 1.14. The summed E-state index contributed by atoms with van der Waals surface area (Å²) in [5, 5.41) is 15.0. The van der Waals surface area contributed by atoms with Gasteiger partial charge in [-0.1, -0.05) is 0 Å². The number of aliphatic hydroxyl groups excluding tert-OH is 1. The minimum absolute atomic E-state index is 0. The molecule has 72 valence electrons. The van der Waals surface area contributed by atoms with Crippen molar-refractivity contribution in [1.82, 2.24) is 15.2 Å². The Morgan fingerprint density at radius 3 is 2.50 bits per heavy atom. The maximum Gasteiger partial charge on any atom is 0.169 e. The van der Waals surface area contributed by atoms with Gasteiger partial charge in [-0.3, -0.25) is 5.10 Å². The van der Waals surface area contributed by atoms with Gasteiger partial charge in [-0.2, -0.15) is 5.10 Å². The zero-order valence-electron chi connectivity index (χ0n) is 6.52. The minimum Gasteiger partial charge on any atom is -0.394 e. The summed E-state index contributed by atoms with van der Waals surface area (Å²) in [5.74, 6) is 1.17. The Bertz CT molecular complexity index is 217. The highest BCUT2D eigenvalue weighted by Gasteiger charge is 2.08. The maximum atomic E-state index is 8.58. The lowest BCUT2D eigenvalue weighted by atomic mass is 10.3. The molecule has 4 N–H and O–H groups in total. The maximum absolute atomic E-state index is 8.58. The summed E-state index contributed by atoms with van der Waals surface area (Å²) in [7, 11) is 0. The van der Waals surface area contributed by atoms with Crippen molar-refractivity contribution in [1.29, 1.82) is 0 Å². The third kappa shape index (κ3) is 3.36. The largest absolute Gasteiger partial charge is 0.394 e. The molecule has 0 aliphatic heterocycles. The normalized spacial score (nSPS) is 11.2. The number of halogens is 2. The van der Waals surface area contributed by atoms with Crippen molar-refractivity contribution in [3.05, 3.63) is 11.6 Å². The molecule has 1 atom stereocenters. The van der Waals surface area contributed by atoms with E-state index in [1.54, 1.807) is 6.92 Å². The van der Waals surface area contributed by atoms with Crippen molar-refractivity contribution < 1.29 is 5.11 Å². The zero-order chi connectivity index (χ0) is 7.56. The molecule has 0 aromatic carbocycles. The van der Waals surface area contributed by atoms with Crippen LogP contribution in [0.2, 0.25) is 0 Å². The molecule has 0 radical (unpaired) electrons. The lowest BCUT2D eigenvalue weighted by Gasteiger charge is -1.99. The molecule has 0 aliphatic rings. The second-order valence-electron chi connectivity index (χ2n) is 2.07. The van der Waals surface area contributed by atoms with Crippen molar-refractivity contribution >= 4 is 24.8 Å². The van der Waals surface area contributed by atoms with Crippen LogP contribution in [-0.2, 0) is 0 Å². The topological polar surface area (TPSA) is 87.8 Å². The van der Waals surface area contributed by atoms with Crippen LogP contribution in [0.4, 0.5) is 0 Å². The summed E-state index contributed by atoms with van der Waals surface area (Å²) in [6, 6.07) is -0.468. The van der Waals surface area contributed by atoms with E-state index >= 15 is 0 Å². The molecule has 0 unspecified atom stereocenters. The average molecular weight is 215 g/mol. The Balaban J connectivity index is 0. The van der Waals surface area contributed by atoms with Crippen molar-refractivity contribution in [3.8, 4) is 0 Å². The van der Waals surface area contributed by atoms with Crippen LogP contribution in [-0.4, -0.2) is 26.9 Å². The van der Waals surface area contributed by atoms with E-state index in [1.165, 1.54) is 0 Å². The van der Waals surface area contributed by atoms with Crippen LogP contribution in [0, 0.1) is 6.92 Å². The van der Waals surface area contributed by atoms with E-state index in [-0.39, 0.29) is 31.4 Å². The zero-order valence-corrected chi connectivity index (χ0v) is 8.15. The van der Waals surface area contributed by atoms with Gasteiger partial charge in [-0.05, 0) is 6.92 Å². The number of aromatic nitrogens is 3. The Morgan fingerprint density at radius 1 is 1.58 bits per heavy atom. The van der Waals surface area contributed by atoms with Gasteiger partial charge in [0.2, 0.25) is 0 Å². The van der Waals surface area contributed by atoms with Gasteiger partial charge in [0.05, 0.1) is 12.6 Å². The molecule has 0 bridgehead atoms. The van der Waals surface area contributed by atoms with E-state index in [4.69, 9.17) is 10.8 Å². The van der Waals surface area contributed by atoms with E-state index in [2.05, 4.69) is 15.2 Å². The first-order chi connectivity index (χ1) is 4.74. The van der Waals surface area contributed by atoms with Crippen molar-refractivity contribution in [2.24, 2.45) is 5.73 Å². The smallest absolute Gasteiger partial charge is 0.169 e. The number of H-pyrrole nitrogens is 1. The van der Waals surface area contributed by atoms with E-state index in [9.17, 15) is 0 Å².